The average Bonchev–Trinajstić information content (AvgIpc) is 3.49. The molecule has 44 heavy (non-hydrogen) atoms. The number of aryl methyl sites for hydroxylation is 3. The number of hydrogen-bond donors (Lipinski definition) is 1. The van der Waals surface area contributed by atoms with Gasteiger partial charge in [-0.15, -0.1) is 5.10 Å². The Hall–Kier alpha value is -4.48. The molecule has 5 aromatic rings. The van der Waals surface area contributed by atoms with Crippen LogP contribution in [0.5, 0.6) is 0 Å². The van der Waals surface area contributed by atoms with Crippen LogP contribution in [0.4, 0.5) is 5.82 Å². The maximum absolute atomic E-state index is 13.7. The van der Waals surface area contributed by atoms with Crippen molar-refractivity contribution in [2.45, 2.75) is 65.5 Å². The number of benzene rings is 3. The number of para-hydroxylation sites is 1. The molecule has 0 aliphatic heterocycles. The Morgan fingerprint density at radius 2 is 1.70 bits per heavy atom. The molecule has 0 bridgehead atoms. The number of hydrogen-bond acceptors (Lipinski definition) is 7. The summed E-state index contributed by atoms with van der Waals surface area (Å²) in [6.07, 6.45) is 1.49. The number of aromatic nitrogens is 4. The van der Waals surface area contributed by atoms with Crippen molar-refractivity contribution in [3.05, 3.63) is 111 Å². The minimum absolute atomic E-state index is 0.103. The molecule has 2 aromatic heterocycles. The monoisotopic (exact) mass is 615 g/mol. The van der Waals surface area contributed by atoms with Crippen LogP contribution in [0.15, 0.2) is 80.9 Å². The molecular weight excluding hydrogens is 578 g/mol. The molecule has 0 unspecified atom stereocenters. The van der Waals surface area contributed by atoms with E-state index in [4.69, 9.17) is 14.4 Å². The van der Waals surface area contributed by atoms with Crippen molar-refractivity contribution < 1.29 is 17.7 Å². The normalized spacial score (nSPS) is 11.7. The highest BCUT2D eigenvalue weighted by Crippen LogP contribution is 2.33. The molecule has 11 heteroatoms. The van der Waals surface area contributed by atoms with Gasteiger partial charge in [0.2, 0.25) is 0 Å². The van der Waals surface area contributed by atoms with Gasteiger partial charge in [0.1, 0.15) is 11.6 Å². The van der Waals surface area contributed by atoms with Gasteiger partial charge in [0, 0.05) is 24.2 Å². The number of sulfonamides is 1. The van der Waals surface area contributed by atoms with Gasteiger partial charge in [0.05, 0.1) is 23.7 Å². The van der Waals surface area contributed by atoms with E-state index >= 15 is 0 Å². The van der Waals surface area contributed by atoms with Gasteiger partial charge < -0.3 is 9.26 Å². The Kier molecular flexibility index (Phi) is 9.17. The summed E-state index contributed by atoms with van der Waals surface area (Å²) in [7, 11) is -4.01. The topological polar surface area (TPSA) is 121 Å². The molecule has 0 aliphatic carbocycles. The molecule has 0 aliphatic rings. The third-order valence-electron chi connectivity index (χ3n) is 7.58. The van der Waals surface area contributed by atoms with Gasteiger partial charge in [0.15, 0.2) is 5.82 Å². The van der Waals surface area contributed by atoms with Crippen molar-refractivity contribution in [1.82, 2.24) is 19.5 Å². The molecule has 3 aromatic carbocycles. The first-order valence-corrected chi connectivity index (χ1v) is 16.1. The first kappa shape index (κ1) is 31.0. The zero-order valence-corrected chi connectivity index (χ0v) is 26.4. The van der Waals surface area contributed by atoms with Crippen molar-refractivity contribution in [3.63, 3.8) is 0 Å². The van der Waals surface area contributed by atoms with E-state index in [2.05, 4.69) is 16.8 Å². The molecule has 0 saturated heterocycles. The van der Waals surface area contributed by atoms with E-state index in [0.717, 1.165) is 28.8 Å². The quantitative estimate of drug-likeness (QED) is 0.184. The minimum Gasteiger partial charge on any atom is -0.377 e. The van der Waals surface area contributed by atoms with E-state index in [1.54, 1.807) is 42.7 Å². The molecule has 1 N–H and O–H groups in total. The van der Waals surface area contributed by atoms with Crippen LogP contribution in [-0.2, 0) is 34.3 Å². The van der Waals surface area contributed by atoms with Gasteiger partial charge >= 0.3 is 5.69 Å². The lowest BCUT2D eigenvalue weighted by Crippen LogP contribution is -2.25. The maximum atomic E-state index is 13.7. The van der Waals surface area contributed by atoms with Gasteiger partial charge in [-0.3, -0.25) is 9.29 Å². The third kappa shape index (κ3) is 6.24. The highest BCUT2D eigenvalue weighted by molar-refractivity contribution is 7.92. The van der Waals surface area contributed by atoms with E-state index in [-0.39, 0.29) is 23.0 Å². The number of rotatable bonds is 12. The Balaban J connectivity index is 1.55. The second-order valence-electron chi connectivity index (χ2n) is 10.7. The van der Waals surface area contributed by atoms with Crippen molar-refractivity contribution in [2.24, 2.45) is 0 Å². The number of anilines is 1. The highest BCUT2D eigenvalue weighted by atomic mass is 32.2. The second-order valence-corrected chi connectivity index (χ2v) is 12.3. The maximum Gasteiger partial charge on any atom is 0.351 e. The summed E-state index contributed by atoms with van der Waals surface area (Å²) in [4.78, 5) is 13.8. The van der Waals surface area contributed by atoms with Crippen LogP contribution in [0.1, 0.15) is 54.1 Å². The van der Waals surface area contributed by atoms with Crippen LogP contribution >= 0.6 is 0 Å². The molecule has 10 nitrogen and oxygen atoms in total. The number of nitrogens with zero attached hydrogens (tertiary/aromatic N) is 4. The van der Waals surface area contributed by atoms with Crippen molar-refractivity contribution in [3.8, 4) is 16.8 Å². The number of ether oxygens (including phenoxy) is 1. The molecule has 5 rings (SSSR count). The molecule has 230 valence electrons. The summed E-state index contributed by atoms with van der Waals surface area (Å²) in [5, 5.41) is 8.57. The summed E-state index contributed by atoms with van der Waals surface area (Å²) >= 11 is 0. The largest absolute Gasteiger partial charge is 0.377 e. The van der Waals surface area contributed by atoms with Crippen LogP contribution in [0.2, 0.25) is 0 Å². The van der Waals surface area contributed by atoms with Crippen LogP contribution < -0.4 is 10.4 Å². The predicted octanol–water partition coefficient (Wildman–Crippen LogP) is 5.95. The Bertz CT molecular complexity index is 1960. The Labute approximate surface area is 257 Å². The first-order chi connectivity index (χ1) is 21.1. The lowest BCUT2D eigenvalue weighted by Gasteiger charge is -2.16. The van der Waals surface area contributed by atoms with E-state index in [9.17, 15) is 13.2 Å². The van der Waals surface area contributed by atoms with E-state index in [1.165, 1.54) is 4.68 Å². The second kappa shape index (κ2) is 13.0. The van der Waals surface area contributed by atoms with Gasteiger partial charge in [-0.1, -0.05) is 66.7 Å². The predicted molar refractivity (Wildman–Crippen MR) is 170 cm³/mol. The molecule has 0 spiro atoms. The Morgan fingerprint density at radius 3 is 2.41 bits per heavy atom. The van der Waals surface area contributed by atoms with Gasteiger partial charge in [-0.2, -0.15) is 4.68 Å². The molecule has 0 radical (unpaired) electrons. The SMILES string of the molecule is CCCc1nn(-c2ccccc2C)c(=O)n1Cc1ccc(-c2ccccc2S(=O)(=O)Nc2noc(C)c2C)c(COCC)c1. The fourth-order valence-electron chi connectivity index (χ4n) is 5.10. The van der Waals surface area contributed by atoms with Crippen molar-refractivity contribution in [1.29, 1.82) is 0 Å². The van der Waals surface area contributed by atoms with Crippen LogP contribution in [0, 0.1) is 20.8 Å². The molecule has 0 saturated carbocycles. The summed E-state index contributed by atoms with van der Waals surface area (Å²) in [5.74, 6) is 1.40. The zero-order chi connectivity index (χ0) is 31.4. The van der Waals surface area contributed by atoms with Crippen LogP contribution in [-0.4, -0.2) is 34.5 Å². The van der Waals surface area contributed by atoms with E-state index < -0.39 is 10.0 Å². The smallest absolute Gasteiger partial charge is 0.351 e. The third-order valence-corrected chi connectivity index (χ3v) is 8.98. The minimum atomic E-state index is -4.01. The van der Waals surface area contributed by atoms with Gasteiger partial charge in [-0.25, -0.2) is 13.2 Å². The zero-order valence-electron chi connectivity index (χ0n) is 25.6. The first-order valence-electron chi connectivity index (χ1n) is 14.6. The highest BCUT2D eigenvalue weighted by Gasteiger charge is 2.24. The standard InChI is InChI=1S/C33H37N5O5S/c1-6-12-31-34-38(29-15-10-8-13-22(29)3)33(39)37(31)20-25-17-18-27(26(19-25)21-42-7-2)28-14-9-11-16-30(28)44(40,41)36-32-23(4)24(5)43-35-32/h8-11,13-19H,6-7,12,20-21H2,1-5H3,(H,35,36). The van der Waals surface area contributed by atoms with E-state index in [1.807, 2.05) is 56.3 Å². The molecule has 0 atom stereocenters. The molecule has 0 amide bonds. The van der Waals surface area contributed by atoms with Crippen LogP contribution in [0.25, 0.3) is 16.8 Å². The lowest BCUT2D eigenvalue weighted by molar-refractivity contribution is 0.134. The fraction of sp³-hybridized carbons (Fsp3) is 0.303. The average molecular weight is 616 g/mol. The van der Waals surface area contributed by atoms with Gasteiger partial charge in [-0.05, 0) is 68.5 Å². The molecule has 2 heterocycles. The molecule has 0 fully saturated rings. The molecular formula is C33H37N5O5S. The summed E-state index contributed by atoms with van der Waals surface area (Å²) in [5.41, 5.74) is 5.04. The van der Waals surface area contributed by atoms with Crippen molar-refractivity contribution >= 4 is 15.8 Å². The van der Waals surface area contributed by atoms with E-state index in [0.29, 0.717) is 47.8 Å². The number of nitrogens with one attached hydrogen (secondary N) is 1. The van der Waals surface area contributed by atoms with Crippen LogP contribution in [0.3, 0.4) is 0 Å². The summed E-state index contributed by atoms with van der Waals surface area (Å²) in [6, 6.07) is 20.3. The summed E-state index contributed by atoms with van der Waals surface area (Å²) < 4.78 is 43.9. The summed E-state index contributed by atoms with van der Waals surface area (Å²) in [6.45, 7) is 10.5. The lowest BCUT2D eigenvalue weighted by atomic mass is 9.97. The fourth-order valence-corrected chi connectivity index (χ4v) is 6.38. The van der Waals surface area contributed by atoms with Crippen molar-refractivity contribution in [2.75, 3.05) is 11.3 Å². The van der Waals surface area contributed by atoms with Gasteiger partial charge in [0.25, 0.3) is 10.0 Å². The Morgan fingerprint density at radius 1 is 0.955 bits per heavy atom.